The van der Waals surface area contributed by atoms with Crippen LogP contribution in [0.5, 0.6) is 0 Å². The standard InChI is InChI=1S/C6H10N2/c7-6-2-1-4-8-5-3-6/h1-3,8H,4-5,7H2. The Balaban J connectivity index is 2.55. The molecule has 2 nitrogen and oxygen atoms in total. The van der Waals surface area contributed by atoms with E-state index >= 15 is 0 Å². The molecule has 0 saturated heterocycles. The second-order valence-corrected chi connectivity index (χ2v) is 1.76. The van der Waals surface area contributed by atoms with E-state index in [1.54, 1.807) is 0 Å². The van der Waals surface area contributed by atoms with E-state index in [4.69, 9.17) is 5.73 Å². The molecule has 2 heteroatoms. The Morgan fingerprint density at radius 2 is 2.38 bits per heavy atom. The lowest BCUT2D eigenvalue weighted by Crippen LogP contribution is -2.11. The lowest BCUT2D eigenvalue weighted by atomic mass is 10.4. The van der Waals surface area contributed by atoms with Crippen LogP contribution in [0.1, 0.15) is 0 Å². The van der Waals surface area contributed by atoms with Crippen molar-refractivity contribution in [3.05, 3.63) is 23.9 Å². The Morgan fingerprint density at radius 1 is 1.50 bits per heavy atom. The van der Waals surface area contributed by atoms with Crippen molar-refractivity contribution in [1.29, 1.82) is 0 Å². The first kappa shape index (κ1) is 5.38. The lowest BCUT2D eigenvalue weighted by Gasteiger charge is -1.89. The molecule has 0 unspecified atom stereocenters. The van der Waals surface area contributed by atoms with Gasteiger partial charge in [-0.15, -0.1) is 0 Å². The topological polar surface area (TPSA) is 38.0 Å². The molecule has 8 heavy (non-hydrogen) atoms. The highest BCUT2D eigenvalue weighted by molar-refractivity contribution is 5.17. The maximum absolute atomic E-state index is 5.47. The molecule has 0 atom stereocenters. The van der Waals surface area contributed by atoms with Crippen molar-refractivity contribution in [3.8, 4) is 0 Å². The van der Waals surface area contributed by atoms with Crippen LogP contribution in [-0.4, -0.2) is 13.1 Å². The first-order chi connectivity index (χ1) is 3.89. The van der Waals surface area contributed by atoms with Gasteiger partial charge in [-0.25, -0.2) is 0 Å². The molecule has 0 aromatic carbocycles. The molecule has 0 fully saturated rings. The van der Waals surface area contributed by atoms with E-state index < -0.39 is 0 Å². The Kier molecular flexibility index (Phi) is 1.70. The third-order valence-corrected chi connectivity index (χ3v) is 1.05. The average molecular weight is 110 g/mol. The molecular weight excluding hydrogens is 100 g/mol. The van der Waals surface area contributed by atoms with Crippen molar-refractivity contribution in [1.82, 2.24) is 5.32 Å². The van der Waals surface area contributed by atoms with Crippen molar-refractivity contribution in [2.24, 2.45) is 5.73 Å². The van der Waals surface area contributed by atoms with Crippen LogP contribution in [-0.2, 0) is 0 Å². The molecule has 0 aliphatic carbocycles. The molecule has 0 aromatic heterocycles. The minimum atomic E-state index is 0.856. The Labute approximate surface area is 49.1 Å². The van der Waals surface area contributed by atoms with Gasteiger partial charge in [-0.05, 0) is 12.2 Å². The zero-order valence-corrected chi connectivity index (χ0v) is 4.72. The summed E-state index contributed by atoms with van der Waals surface area (Å²) < 4.78 is 0. The van der Waals surface area contributed by atoms with E-state index in [0.29, 0.717) is 0 Å². The van der Waals surface area contributed by atoms with Crippen LogP contribution in [0.15, 0.2) is 23.9 Å². The van der Waals surface area contributed by atoms with Gasteiger partial charge in [-0.3, -0.25) is 0 Å². The summed E-state index contributed by atoms with van der Waals surface area (Å²) in [4.78, 5) is 0. The summed E-state index contributed by atoms with van der Waals surface area (Å²) in [6.45, 7) is 1.82. The molecule has 1 heterocycles. The van der Waals surface area contributed by atoms with E-state index in [1.165, 1.54) is 0 Å². The second-order valence-electron chi connectivity index (χ2n) is 1.76. The number of nitrogens with two attached hydrogens (primary N) is 1. The molecule has 1 rings (SSSR count). The van der Waals surface area contributed by atoms with Gasteiger partial charge in [0, 0.05) is 18.8 Å². The third kappa shape index (κ3) is 1.39. The van der Waals surface area contributed by atoms with Crippen LogP contribution >= 0.6 is 0 Å². The average Bonchev–Trinajstić information content (AvgIpc) is 1.94. The number of rotatable bonds is 0. The highest BCUT2D eigenvalue weighted by Gasteiger charge is 1.86. The van der Waals surface area contributed by atoms with E-state index in [-0.39, 0.29) is 0 Å². The van der Waals surface area contributed by atoms with Crippen molar-refractivity contribution < 1.29 is 0 Å². The summed E-state index contributed by atoms with van der Waals surface area (Å²) in [5.74, 6) is 0. The molecule has 0 aromatic rings. The maximum Gasteiger partial charge on any atom is 0.0283 e. The zero-order valence-electron chi connectivity index (χ0n) is 4.72. The molecule has 0 bridgehead atoms. The minimum absolute atomic E-state index is 0.856. The summed E-state index contributed by atoms with van der Waals surface area (Å²) >= 11 is 0. The van der Waals surface area contributed by atoms with Gasteiger partial charge < -0.3 is 11.1 Å². The van der Waals surface area contributed by atoms with Gasteiger partial charge in [0.15, 0.2) is 0 Å². The monoisotopic (exact) mass is 110 g/mol. The van der Waals surface area contributed by atoms with Crippen LogP contribution in [0.3, 0.4) is 0 Å². The molecular formula is C6H10N2. The first-order valence-electron chi connectivity index (χ1n) is 2.72. The highest BCUT2D eigenvalue weighted by atomic mass is 14.8. The number of hydrogen-bond donors (Lipinski definition) is 2. The molecule has 0 spiro atoms. The Bertz CT molecular complexity index is 124. The summed E-state index contributed by atoms with van der Waals surface area (Å²) in [7, 11) is 0. The van der Waals surface area contributed by atoms with Crippen LogP contribution in [0.25, 0.3) is 0 Å². The molecule has 3 N–H and O–H groups in total. The molecule has 0 amide bonds. The number of hydrogen-bond acceptors (Lipinski definition) is 2. The smallest absolute Gasteiger partial charge is 0.0283 e. The van der Waals surface area contributed by atoms with Crippen LogP contribution in [0.2, 0.25) is 0 Å². The molecule has 1 aliphatic heterocycles. The molecule has 0 saturated carbocycles. The van der Waals surface area contributed by atoms with Crippen LogP contribution in [0.4, 0.5) is 0 Å². The predicted octanol–water partition coefficient (Wildman–Crippen LogP) is -0.0116. The quantitative estimate of drug-likeness (QED) is 0.460. The Hall–Kier alpha value is -0.760. The molecule has 0 radical (unpaired) electrons. The van der Waals surface area contributed by atoms with E-state index in [0.717, 1.165) is 18.8 Å². The van der Waals surface area contributed by atoms with Crippen molar-refractivity contribution in [2.45, 2.75) is 0 Å². The van der Waals surface area contributed by atoms with E-state index in [2.05, 4.69) is 5.32 Å². The minimum Gasteiger partial charge on any atom is -0.399 e. The fourth-order valence-electron chi connectivity index (χ4n) is 0.620. The van der Waals surface area contributed by atoms with Gasteiger partial charge in [0.25, 0.3) is 0 Å². The fourth-order valence-corrected chi connectivity index (χ4v) is 0.620. The van der Waals surface area contributed by atoms with Crippen molar-refractivity contribution in [3.63, 3.8) is 0 Å². The van der Waals surface area contributed by atoms with Crippen LogP contribution in [0, 0.1) is 0 Å². The maximum atomic E-state index is 5.47. The predicted molar refractivity (Wildman–Crippen MR) is 34.3 cm³/mol. The van der Waals surface area contributed by atoms with Gasteiger partial charge >= 0.3 is 0 Å². The third-order valence-electron chi connectivity index (χ3n) is 1.05. The lowest BCUT2D eigenvalue weighted by molar-refractivity contribution is 0.847. The summed E-state index contributed by atoms with van der Waals surface area (Å²) in [6, 6.07) is 0. The molecule has 1 aliphatic rings. The largest absolute Gasteiger partial charge is 0.399 e. The highest BCUT2D eigenvalue weighted by Crippen LogP contribution is 1.87. The normalized spacial score (nSPS) is 19.8. The summed E-state index contributed by atoms with van der Waals surface area (Å²) in [5, 5.41) is 3.13. The summed E-state index contributed by atoms with van der Waals surface area (Å²) in [5.41, 5.74) is 6.33. The first-order valence-corrected chi connectivity index (χ1v) is 2.72. The van der Waals surface area contributed by atoms with Crippen molar-refractivity contribution in [2.75, 3.05) is 13.1 Å². The van der Waals surface area contributed by atoms with Crippen molar-refractivity contribution >= 4 is 0 Å². The van der Waals surface area contributed by atoms with Gasteiger partial charge in [-0.2, -0.15) is 0 Å². The SMILES string of the molecule is NC1=CCNCC=C1. The van der Waals surface area contributed by atoms with Gasteiger partial charge in [-0.1, -0.05) is 6.08 Å². The van der Waals surface area contributed by atoms with E-state index in [1.807, 2.05) is 18.2 Å². The number of allylic oxidation sites excluding steroid dienone is 1. The zero-order chi connectivity index (χ0) is 5.82. The van der Waals surface area contributed by atoms with Gasteiger partial charge in [0.1, 0.15) is 0 Å². The van der Waals surface area contributed by atoms with Gasteiger partial charge in [0.05, 0.1) is 0 Å². The number of nitrogens with one attached hydrogen (secondary N) is 1. The van der Waals surface area contributed by atoms with Gasteiger partial charge in [0.2, 0.25) is 0 Å². The summed E-state index contributed by atoms with van der Waals surface area (Å²) in [6.07, 6.45) is 5.89. The van der Waals surface area contributed by atoms with Crippen LogP contribution < -0.4 is 11.1 Å². The second kappa shape index (κ2) is 2.52. The fraction of sp³-hybridized carbons (Fsp3) is 0.333. The Morgan fingerprint density at radius 3 is 3.25 bits per heavy atom. The van der Waals surface area contributed by atoms with E-state index in [9.17, 15) is 0 Å². The molecule has 44 valence electrons.